The van der Waals surface area contributed by atoms with E-state index in [0.29, 0.717) is 45.1 Å². The maximum atomic E-state index is 13.0. The molecule has 0 radical (unpaired) electrons. The minimum absolute atomic E-state index is 0.164. The third-order valence-electron chi connectivity index (χ3n) is 5.50. The fourth-order valence-electron chi connectivity index (χ4n) is 3.80. The van der Waals surface area contributed by atoms with Crippen LogP contribution in [0.3, 0.4) is 0 Å². The minimum atomic E-state index is -0.564. The Morgan fingerprint density at radius 1 is 1.06 bits per heavy atom. The number of carbonyl (C=O) groups excluding carboxylic acids is 2. The van der Waals surface area contributed by atoms with Crippen LogP contribution in [-0.4, -0.2) is 27.5 Å². The van der Waals surface area contributed by atoms with Gasteiger partial charge in [0.1, 0.15) is 11.6 Å². The Bertz CT molecular complexity index is 1470. The van der Waals surface area contributed by atoms with Gasteiger partial charge in [-0.15, -0.1) is 0 Å². The maximum absolute atomic E-state index is 13.0. The molecule has 0 aliphatic carbocycles. The maximum Gasteiger partial charge on any atom is 0.265 e. The van der Waals surface area contributed by atoms with E-state index in [9.17, 15) is 14.4 Å². The minimum Gasteiger partial charge on any atom is -0.479 e. The number of hydrogen-bond donors (Lipinski definition) is 2. The Kier molecular flexibility index (Phi) is 4.90. The molecule has 1 aliphatic heterocycles. The lowest BCUT2D eigenvalue weighted by molar-refractivity contribution is -0.122. The molecule has 0 bridgehead atoms. The molecule has 2 N–H and O–H groups in total. The molecule has 1 aromatic heterocycles. The normalized spacial score (nSPS) is 14.8. The number of para-hydroxylation sites is 1. The van der Waals surface area contributed by atoms with Crippen molar-refractivity contribution in [2.45, 2.75) is 20.0 Å². The number of aromatic nitrogens is 2. The number of nitrogens with zero attached hydrogens (tertiary/aromatic N) is 2. The molecule has 1 unspecified atom stereocenters. The van der Waals surface area contributed by atoms with E-state index in [2.05, 4.69) is 15.6 Å². The standard InChI is InChI=1S/C25H20N4O4/c1-14-23(30)28-21-13-17(9-12-22(21)33-14)27-24(31)16-7-10-18(11-8-16)29-15(2)26-20-6-4-3-5-19(20)25(29)32/h3-14H,1-2H3,(H,27,31)(H,28,30). The lowest BCUT2D eigenvalue weighted by Gasteiger charge is -2.23. The molecule has 0 spiro atoms. The lowest BCUT2D eigenvalue weighted by Crippen LogP contribution is -2.34. The second-order valence-electron chi connectivity index (χ2n) is 7.78. The number of ether oxygens (including phenoxy) is 1. The summed E-state index contributed by atoms with van der Waals surface area (Å²) in [7, 11) is 0. The number of rotatable bonds is 3. The summed E-state index contributed by atoms with van der Waals surface area (Å²) >= 11 is 0. The van der Waals surface area contributed by atoms with Gasteiger partial charge in [-0.2, -0.15) is 0 Å². The van der Waals surface area contributed by atoms with E-state index in [1.165, 1.54) is 4.57 Å². The predicted molar refractivity (Wildman–Crippen MR) is 125 cm³/mol. The molecule has 1 atom stereocenters. The largest absolute Gasteiger partial charge is 0.479 e. The van der Waals surface area contributed by atoms with Crippen molar-refractivity contribution in [2.75, 3.05) is 10.6 Å². The van der Waals surface area contributed by atoms with E-state index in [0.717, 1.165) is 0 Å². The second kappa shape index (κ2) is 7.90. The van der Waals surface area contributed by atoms with Gasteiger partial charge in [0, 0.05) is 11.3 Å². The van der Waals surface area contributed by atoms with E-state index in [1.54, 1.807) is 74.5 Å². The van der Waals surface area contributed by atoms with E-state index >= 15 is 0 Å². The zero-order valence-corrected chi connectivity index (χ0v) is 18.0. The summed E-state index contributed by atoms with van der Waals surface area (Å²) in [6.07, 6.45) is -0.564. The SMILES string of the molecule is Cc1nc2ccccc2c(=O)n1-c1ccc(C(=O)Nc2ccc3c(c2)NC(=O)C(C)O3)cc1. The third-order valence-corrected chi connectivity index (χ3v) is 5.50. The van der Waals surface area contributed by atoms with Crippen molar-refractivity contribution >= 4 is 34.1 Å². The van der Waals surface area contributed by atoms with Crippen molar-refractivity contribution < 1.29 is 14.3 Å². The number of carbonyl (C=O) groups is 2. The van der Waals surface area contributed by atoms with E-state index < -0.39 is 6.10 Å². The van der Waals surface area contributed by atoms with Gasteiger partial charge in [-0.1, -0.05) is 12.1 Å². The summed E-state index contributed by atoms with van der Waals surface area (Å²) in [6.45, 7) is 3.44. The van der Waals surface area contributed by atoms with Crippen LogP contribution in [0.1, 0.15) is 23.1 Å². The van der Waals surface area contributed by atoms with Crippen LogP contribution in [0.15, 0.2) is 71.5 Å². The van der Waals surface area contributed by atoms with Crippen LogP contribution in [0.4, 0.5) is 11.4 Å². The van der Waals surface area contributed by atoms with Gasteiger partial charge < -0.3 is 15.4 Å². The first kappa shape index (κ1) is 20.4. The molecule has 3 aromatic carbocycles. The molecule has 8 heteroatoms. The van der Waals surface area contributed by atoms with Gasteiger partial charge >= 0.3 is 0 Å². The molecular formula is C25H20N4O4. The Balaban J connectivity index is 1.39. The van der Waals surface area contributed by atoms with Crippen molar-refractivity contribution in [3.63, 3.8) is 0 Å². The third kappa shape index (κ3) is 3.71. The van der Waals surface area contributed by atoms with Gasteiger partial charge in [-0.3, -0.25) is 19.0 Å². The van der Waals surface area contributed by atoms with Crippen molar-refractivity contribution in [3.05, 3.63) is 88.5 Å². The van der Waals surface area contributed by atoms with Gasteiger partial charge in [0.05, 0.1) is 22.3 Å². The first-order valence-corrected chi connectivity index (χ1v) is 10.4. The first-order chi connectivity index (χ1) is 15.9. The highest BCUT2D eigenvalue weighted by Crippen LogP contribution is 2.32. The van der Waals surface area contributed by atoms with Gasteiger partial charge in [0.15, 0.2) is 6.10 Å². The number of benzene rings is 3. The van der Waals surface area contributed by atoms with Crippen LogP contribution in [0.5, 0.6) is 5.75 Å². The highest BCUT2D eigenvalue weighted by Gasteiger charge is 2.23. The molecular weight excluding hydrogens is 420 g/mol. The molecule has 0 saturated carbocycles. The molecule has 4 aromatic rings. The van der Waals surface area contributed by atoms with Crippen LogP contribution in [0.2, 0.25) is 0 Å². The Hall–Kier alpha value is -4.46. The Morgan fingerprint density at radius 3 is 2.61 bits per heavy atom. The molecule has 0 saturated heterocycles. The number of nitrogens with one attached hydrogen (secondary N) is 2. The smallest absolute Gasteiger partial charge is 0.265 e. The van der Waals surface area contributed by atoms with E-state index in [-0.39, 0.29) is 17.4 Å². The number of anilines is 2. The fraction of sp³-hybridized carbons (Fsp3) is 0.120. The molecule has 2 heterocycles. The first-order valence-electron chi connectivity index (χ1n) is 10.4. The molecule has 8 nitrogen and oxygen atoms in total. The topological polar surface area (TPSA) is 102 Å². The summed E-state index contributed by atoms with van der Waals surface area (Å²) in [5, 5.41) is 6.10. The van der Waals surface area contributed by atoms with Gasteiger partial charge in [-0.05, 0) is 68.4 Å². The monoisotopic (exact) mass is 440 g/mol. The zero-order chi connectivity index (χ0) is 23.1. The van der Waals surface area contributed by atoms with Crippen molar-refractivity contribution in [2.24, 2.45) is 0 Å². The van der Waals surface area contributed by atoms with Crippen molar-refractivity contribution in [1.29, 1.82) is 0 Å². The van der Waals surface area contributed by atoms with Gasteiger partial charge in [0.2, 0.25) is 0 Å². The Labute approximate surface area is 188 Å². The lowest BCUT2D eigenvalue weighted by atomic mass is 10.1. The van der Waals surface area contributed by atoms with E-state index in [4.69, 9.17) is 4.74 Å². The summed E-state index contributed by atoms with van der Waals surface area (Å²) in [5.41, 5.74) is 2.55. The Morgan fingerprint density at radius 2 is 1.82 bits per heavy atom. The quantitative estimate of drug-likeness (QED) is 0.506. The molecule has 164 valence electrons. The molecule has 2 amide bonds. The van der Waals surface area contributed by atoms with Crippen molar-refractivity contribution in [3.8, 4) is 11.4 Å². The summed E-state index contributed by atoms with van der Waals surface area (Å²) in [6, 6.07) is 19.0. The number of fused-ring (bicyclic) bond motifs is 2. The highest BCUT2D eigenvalue weighted by molar-refractivity contribution is 6.05. The summed E-state index contributed by atoms with van der Waals surface area (Å²) in [4.78, 5) is 42.1. The second-order valence-corrected chi connectivity index (χ2v) is 7.78. The van der Waals surface area contributed by atoms with Crippen LogP contribution in [0, 0.1) is 6.92 Å². The average molecular weight is 440 g/mol. The summed E-state index contributed by atoms with van der Waals surface area (Å²) < 4.78 is 7.06. The van der Waals surface area contributed by atoms with Crippen LogP contribution < -0.4 is 20.9 Å². The highest BCUT2D eigenvalue weighted by atomic mass is 16.5. The molecule has 33 heavy (non-hydrogen) atoms. The molecule has 0 fully saturated rings. The van der Waals surface area contributed by atoms with Crippen LogP contribution >= 0.6 is 0 Å². The predicted octanol–water partition coefficient (Wildman–Crippen LogP) is 3.67. The van der Waals surface area contributed by atoms with Crippen LogP contribution in [-0.2, 0) is 4.79 Å². The number of hydrogen-bond acceptors (Lipinski definition) is 5. The van der Waals surface area contributed by atoms with Gasteiger partial charge in [-0.25, -0.2) is 4.98 Å². The molecule has 1 aliphatic rings. The summed E-state index contributed by atoms with van der Waals surface area (Å²) in [5.74, 6) is 0.548. The van der Waals surface area contributed by atoms with Crippen molar-refractivity contribution in [1.82, 2.24) is 9.55 Å². The fourth-order valence-corrected chi connectivity index (χ4v) is 3.80. The van der Waals surface area contributed by atoms with Gasteiger partial charge in [0.25, 0.3) is 17.4 Å². The number of amides is 2. The average Bonchev–Trinajstić information content (AvgIpc) is 2.80. The number of aryl methyl sites for hydroxylation is 1. The molecule has 5 rings (SSSR count). The van der Waals surface area contributed by atoms with Crippen LogP contribution in [0.25, 0.3) is 16.6 Å². The van der Waals surface area contributed by atoms with E-state index in [1.807, 2.05) is 6.07 Å². The zero-order valence-electron chi connectivity index (χ0n) is 18.0.